The lowest BCUT2D eigenvalue weighted by atomic mass is 10.2. The fraction of sp³-hybridized carbons (Fsp3) is 0.222. The van der Waals surface area contributed by atoms with Crippen LogP contribution in [0, 0.1) is 17.4 Å². The summed E-state index contributed by atoms with van der Waals surface area (Å²) in [5, 5.41) is 8.45. The fourth-order valence-corrected chi connectivity index (χ4v) is 0.725. The van der Waals surface area contributed by atoms with Crippen molar-refractivity contribution in [1.29, 1.82) is 5.26 Å². The van der Waals surface area contributed by atoms with Crippen molar-refractivity contribution in [2.45, 2.75) is 6.92 Å². The van der Waals surface area contributed by atoms with Gasteiger partial charge in [-0.3, -0.25) is 0 Å². The molecule has 0 aliphatic carbocycles. The zero-order chi connectivity index (χ0) is 8.10. The minimum Gasteiger partial charge on any atom is -0.493 e. The van der Waals surface area contributed by atoms with Gasteiger partial charge < -0.3 is 4.74 Å². The van der Waals surface area contributed by atoms with Gasteiger partial charge in [0, 0.05) is 6.07 Å². The van der Waals surface area contributed by atoms with Crippen LogP contribution in [0.4, 0.5) is 0 Å². The van der Waals surface area contributed by atoms with Gasteiger partial charge in [-0.2, -0.15) is 5.26 Å². The highest BCUT2D eigenvalue weighted by Gasteiger charge is 1.91. The summed E-state index contributed by atoms with van der Waals surface area (Å²) >= 11 is 0. The molecule has 0 heterocycles. The Bertz CT molecular complexity index is 258. The molecule has 0 atom stereocenters. The van der Waals surface area contributed by atoms with Crippen LogP contribution in [0.1, 0.15) is 12.5 Å². The van der Waals surface area contributed by atoms with E-state index in [9.17, 15) is 0 Å². The minimum absolute atomic E-state index is 0.605. The quantitative estimate of drug-likeness (QED) is 0.636. The maximum atomic E-state index is 8.45. The molecule has 11 heavy (non-hydrogen) atoms. The molecule has 1 rings (SSSR count). The maximum Gasteiger partial charge on any atom is 0.127 e. The standard InChI is InChI=1S/C9H8NO/c1-2-11-9-5-3-8(7-10)4-6-9/h3-5H,2H2,1H3. The topological polar surface area (TPSA) is 33.0 Å². The number of nitriles is 1. The summed E-state index contributed by atoms with van der Waals surface area (Å²) in [7, 11) is 0. The highest BCUT2D eigenvalue weighted by molar-refractivity contribution is 5.33. The highest BCUT2D eigenvalue weighted by atomic mass is 16.5. The molecule has 2 heteroatoms. The first-order chi connectivity index (χ1) is 5.36. The third-order valence-electron chi connectivity index (χ3n) is 1.21. The smallest absolute Gasteiger partial charge is 0.127 e. The van der Waals surface area contributed by atoms with E-state index in [-0.39, 0.29) is 0 Å². The molecule has 0 aliphatic rings. The van der Waals surface area contributed by atoms with Crippen LogP contribution in [-0.4, -0.2) is 6.61 Å². The van der Waals surface area contributed by atoms with Crippen molar-refractivity contribution in [3.8, 4) is 11.8 Å². The molecule has 0 aliphatic heterocycles. The molecular formula is C9H8NO. The number of benzene rings is 1. The first kappa shape index (κ1) is 7.62. The summed E-state index contributed by atoms with van der Waals surface area (Å²) in [4.78, 5) is 0. The molecule has 1 aromatic carbocycles. The molecule has 0 N–H and O–H groups in total. The third kappa shape index (κ3) is 1.98. The van der Waals surface area contributed by atoms with Gasteiger partial charge in [0.25, 0.3) is 0 Å². The fourth-order valence-electron chi connectivity index (χ4n) is 0.725. The van der Waals surface area contributed by atoms with Crippen LogP contribution >= 0.6 is 0 Å². The molecule has 0 aromatic heterocycles. The number of hydrogen-bond donors (Lipinski definition) is 0. The van der Waals surface area contributed by atoms with Crippen molar-refractivity contribution in [3.05, 3.63) is 29.8 Å². The molecule has 0 saturated carbocycles. The second-order valence-electron chi connectivity index (χ2n) is 1.99. The molecule has 0 amide bonds. The summed E-state index contributed by atoms with van der Waals surface area (Å²) in [6, 6.07) is 9.92. The van der Waals surface area contributed by atoms with Gasteiger partial charge >= 0.3 is 0 Å². The Balaban J connectivity index is 2.76. The van der Waals surface area contributed by atoms with Crippen molar-refractivity contribution in [1.82, 2.24) is 0 Å². The normalized spacial score (nSPS) is 8.73. The molecule has 1 radical (unpaired) electrons. The second-order valence-corrected chi connectivity index (χ2v) is 1.99. The molecule has 0 spiro atoms. The molecular weight excluding hydrogens is 138 g/mol. The van der Waals surface area contributed by atoms with E-state index >= 15 is 0 Å². The first-order valence-electron chi connectivity index (χ1n) is 3.41. The van der Waals surface area contributed by atoms with Gasteiger partial charge in [-0.15, -0.1) is 0 Å². The molecule has 2 nitrogen and oxygen atoms in total. The van der Waals surface area contributed by atoms with Gasteiger partial charge in [0.05, 0.1) is 18.2 Å². The Morgan fingerprint density at radius 1 is 1.64 bits per heavy atom. The molecule has 1 aromatic rings. The summed E-state index contributed by atoms with van der Waals surface area (Å²) in [5.74, 6) is 0.687. The molecule has 0 bridgehead atoms. The average Bonchev–Trinajstić information content (AvgIpc) is 2.07. The predicted molar refractivity (Wildman–Crippen MR) is 41.2 cm³/mol. The Kier molecular flexibility index (Phi) is 2.51. The maximum absolute atomic E-state index is 8.45. The van der Waals surface area contributed by atoms with E-state index in [1.807, 2.05) is 13.0 Å². The van der Waals surface area contributed by atoms with E-state index in [2.05, 4.69) is 6.07 Å². The zero-order valence-corrected chi connectivity index (χ0v) is 6.29. The number of ether oxygens (including phenoxy) is 1. The van der Waals surface area contributed by atoms with Gasteiger partial charge in [-0.25, -0.2) is 0 Å². The van der Waals surface area contributed by atoms with E-state index < -0.39 is 0 Å². The van der Waals surface area contributed by atoms with Crippen LogP contribution in [-0.2, 0) is 0 Å². The van der Waals surface area contributed by atoms with Crippen LogP contribution < -0.4 is 4.74 Å². The summed E-state index contributed by atoms with van der Waals surface area (Å²) in [6.45, 7) is 2.54. The Morgan fingerprint density at radius 2 is 2.45 bits per heavy atom. The monoisotopic (exact) mass is 146 g/mol. The van der Waals surface area contributed by atoms with E-state index in [1.54, 1.807) is 18.2 Å². The first-order valence-corrected chi connectivity index (χ1v) is 3.41. The minimum atomic E-state index is 0.605. The van der Waals surface area contributed by atoms with Crippen molar-refractivity contribution in [2.24, 2.45) is 0 Å². The van der Waals surface area contributed by atoms with Crippen LogP contribution in [0.25, 0.3) is 0 Å². The predicted octanol–water partition coefficient (Wildman–Crippen LogP) is 1.76. The third-order valence-corrected chi connectivity index (χ3v) is 1.21. The Hall–Kier alpha value is -1.49. The summed E-state index contributed by atoms with van der Waals surface area (Å²) in [6.07, 6.45) is 0. The van der Waals surface area contributed by atoms with Crippen LogP contribution in [0.5, 0.6) is 5.75 Å². The average molecular weight is 146 g/mol. The SMILES string of the molecule is CCOc1[c]cc(C#N)cc1. The number of rotatable bonds is 2. The molecule has 0 saturated heterocycles. The molecule has 0 fully saturated rings. The van der Waals surface area contributed by atoms with E-state index in [0.29, 0.717) is 17.9 Å². The number of hydrogen-bond acceptors (Lipinski definition) is 2. The summed E-state index contributed by atoms with van der Waals surface area (Å²) < 4.78 is 5.14. The summed E-state index contributed by atoms with van der Waals surface area (Å²) in [5.41, 5.74) is 0.605. The van der Waals surface area contributed by atoms with Crippen LogP contribution in [0.2, 0.25) is 0 Å². The van der Waals surface area contributed by atoms with Crippen molar-refractivity contribution in [3.63, 3.8) is 0 Å². The van der Waals surface area contributed by atoms with Gasteiger partial charge in [0.2, 0.25) is 0 Å². The molecule has 55 valence electrons. The van der Waals surface area contributed by atoms with Crippen molar-refractivity contribution in [2.75, 3.05) is 6.61 Å². The van der Waals surface area contributed by atoms with Gasteiger partial charge in [0.15, 0.2) is 0 Å². The van der Waals surface area contributed by atoms with Gasteiger partial charge in [-0.1, -0.05) is 0 Å². The van der Waals surface area contributed by atoms with Gasteiger partial charge in [0.1, 0.15) is 5.75 Å². The number of nitrogens with zero attached hydrogens (tertiary/aromatic N) is 1. The van der Waals surface area contributed by atoms with E-state index in [1.165, 1.54) is 0 Å². The van der Waals surface area contributed by atoms with E-state index in [0.717, 1.165) is 0 Å². The lowest BCUT2D eigenvalue weighted by Gasteiger charge is -1.99. The zero-order valence-electron chi connectivity index (χ0n) is 6.29. The lowest BCUT2D eigenvalue weighted by molar-refractivity contribution is 0.339. The van der Waals surface area contributed by atoms with Crippen LogP contribution in [0.15, 0.2) is 18.2 Å². The van der Waals surface area contributed by atoms with Crippen LogP contribution in [0.3, 0.4) is 0 Å². The Morgan fingerprint density at radius 3 is 2.91 bits per heavy atom. The lowest BCUT2D eigenvalue weighted by Crippen LogP contribution is -1.90. The Labute approximate surface area is 66.0 Å². The largest absolute Gasteiger partial charge is 0.493 e. The highest BCUT2D eigenvalue weighted by Crippen LogP contribution is 2.09. The van der Waals surface area contributed by atoms with Crippen molar-refractivity contribution >= 4 is 0 Å². The van der Waals surface area contributed by atoms with E-state index in [4.69, 9.17) is 10.00 Å². The van der Waals surface area contributed by atoms with Crippen molar-refractivity contribution < 1.29 is 4.74 Å². The second kappa shape index (κ2) is 3.62. The van der Waals surface area contributed by atoms with Gasteiger partial charge in [-0.05, 0) is 25.1 Å². The molecule has 0 unspecified atom stereocenters.